The van der Waals surface area contributed by atoms with Crippen molar-refractivity contribution in [3.63, 3.8) is 0 Å². The van der Waals surface area contributed by atoms with Gasteiger partial charge in [-0.05, 0) is 41.8 Å². The largest absolute Gasteiger partial charge is 0.493 e. The van der Waals surface area contributed by atoms with Crippen molar-refractivity contribution >= 4 is 11.6 Å². The first kappa shape index (κ1) is 21.4. The molecule has 32 heavy (non-hydrogen) atoms. The average molecular weight is 431 g/mol. The van der Waals surface area contributed by atoms with Gasteiger partial charge in [0, 0.05) is 11.8 Å². The Morgan fingerprint density at radius 2 is 1.78 bits per heavy atom. The van der Waals surface area contributed by atoms with Crippen LogP contribution in [0.3, 0.4) is 0 Å². The second kappa shape index (κ2) is 9.51. The second-order valence-electron chi connectivity index (χ2n) is 7.82. The molecule has 7 heteroatoms. The van der Waals surface area contributed by atoms with Crippen LogP contribution < -0.4 is 14.8 Å². The number of nitrogens with zero attached hydrogens (tertiary/aromatic N) is 3. The van der Waals surface area contributed by atoms with Gasteiger partial charge in [-0.3, -0.25) is 9.20 Å². The minimum atomic E-state index is -0.306. The van der Waals surface area contributed by atoms with E-state index in [2.05, 4.69) is 15.5 Å². The third-order valence-corrected chi connectivity index (χ3v) is 5.23. The highest BCUT2D eigenvalue weighted by Gasteiger charge is 2.24. The number of aromatic nitrogens is 3. The summed E-state index contributed by atoms with van der Waals surface area (Å²) in [6, 6.07) is 20.5. The maximum atomic E-state index is 13.1. The van der Waals surface area contributed by atoms with Crippen LogP contribution in [-0.2, 0) is 6.61 Å². The molecule has 0 unspecified atom stereocenters. The molecule has 4 aromatic rings. The first-order valence-electron chi connectivity index (χ1n) is 10.5. The maximum Gasteiger partial charge on any atom is 0.252 e. The molecule has 2 aromatic heterocycles. The van der Waals surface area contributed by atoms with Crippen molar-refractivity contribution in [2.24, 2.45) is 5.92 Å². The summed E-state index contributed by atoms with van der Waals surface area (Å²) in [5.74, 6) is 1.67. The van der Waals surface area contributed by atoms with Crippen molar-refractivity contribution in [2.45, 2.75) is 26.5 Å². The van der Waals surface area contributed by atoms with E-state index >= 15 is 0 Å². The Labute approximate surface area is 187 Å². The summed E-state index contributed by atoms with van der Waals surface area (Å²) in [6.07, 6.45) is 1.90. The second-order valence-corrected chi connectivity index (χ2v) is 7.82. The van der Waals surface area contributed by atoms with Crippen LogP contribution in [0.2, 0.25) is 0 Å². The lowest BCUT2D eigenvalue weighted by Crippen LogP contribution is -2.33. The monoisotopic (exact) mass is 430 g/mol. The van der Waals surface area contributed by atoms with Crippen LogP contribution in [0.25, 0.3) is 5.65 Å². The zero-order valence-electron chi connectivity index (χ0n) is 18.4. The van der Waals surface area contributed by atoms with E-state index in [1.54, 1.807) is 25.3 Å². The van der Waals surface area contributed by atoms with Crippen LogP contribution >= 0.6 is 0 Å². The quantitative estimate of drug-likeness (QED) is 0.447. The fourth-order valence-corrected chi connectivity index (χ4v) is 3.49. The van der Waals surface area contributed by atoms with Gasteiger partial charge in [0.25, 0.3) is 5.91 Å². The number of rotatable bonds is 8. The minimum absolute atomic E-state index is 0.113. The van der Waals surface area contributed by atoms with Crippen LogP contribution in [-0.4, -0.2) is 27.6 Å². The normalized spacial score (nSPS) is 12.0. The summed E-state index contributed by atoms with van der Waals surface area (Å²) in [7, 11) is 1.56. The van der Waals surface area contributed by atoms with E-state index in [0.717, 1.165) is 11.2 Å². The maximum absolute atomic E-state index is 13.1. The molecule has 0 saturated carbocycles. The Morgan fingerprint density at radius 3 is 2.53 bits per heavy atom. The molecule has 0 aliphatic rings. The van der Waals surface area contributed by atoms with Gasteiger partial charge in [-0.2, -0.15) is 0 Å². The lowest BCUT2D eigenvalue weighted by Gasteiger charge is -2.21. The number of carbonyl (C=O) groups excluding carboxylic acids is 1. The number of carbonyl (C=O) groups is 1. The van der Waals surface area contributed by atoms with Gasteiger partial charge in [0.2, 0.25) is 0 Å². The molecule has 1 N–H and O–H groups in total. The van der Waals surface area contributed by atoms with Crippen LogP contribution in [0.5, 0.6) is 11.5 Å². The van der Waals surface area contributed by atoms with Gasteiger partial charge in [-0.1, -0.05) is 50.2 Å². The molecule has 0 bridgehead atoms. The zero-order chi connectivity index (χ0) is 22.5. The number of hydrogen-bond acceptors (Lipinski definition) is 5. The molecule has 0 fully saturated rings. The van der Waals surface area contributed by atoms with Gasteiger partial charge in [0.15, 0.2) is 23.0 Å². The van der Waals surface area contributed by atoms with Crippen molar-refractivity contribution in [3.8, 4) is 11.5 Å². The molecule has 0 saturated heterocycles. The van der Waals surface area contributed by atoms with E-state index in [0.29, 0.717) is 29.5 Å². The fourth-order valence-electron chi connectivity index (χ4n) is 3.49. The van der Waals surface area contributed by atoms with Crippen molar-refractivity contribution < 1.29 is 14.3 Å². The highest BCUT2D eigenvalue weighted by molar-refractivity contribution is 5.95. The van der Waals surface area contributed by atoms with Crippen LogP contribution in [0.1, 0.15) is 41.6 Å². The smallest absolute Gasteiger partial charge is 0.252 e. The summed E-state index contributed by atoms with van der Waals surface area (Å²) in [5, 5.41) is 11.6. The Hall–Kier alpha value is -3.87. The highest BCUT2D eigenvalue weighted by Crippen LogP contribution is 2.29. The van der Waals surface area contributed by atoms with Crippen molar-refractivity contribution in [3.05, 3.63) is 89.9 Å². The Kier molecular flexibility index (Phi) is 6.35. The molecule has 4 rings (SSSR count). The predicted octanol–water partition coefficient (Wildman–Crippen LogP) is 4.44. The van der Waals surface area contributed by atoms with Gasteiger partial charge >= 0.3 is 0 Å². The van der Waals surface area contributed by atoms with Gasteiger partial charge < -0.3 is 14.8 Å². The zero-order valence-corrected chi connectivity index (χ0v) is 18.4. The molecule has 0 aliphatic heterocycles. The summed E-state index contributed by atoms with van der Waals surface area (Å²) in [6.45, 7) is 4.49. The van der Waals surface area contributed by atoms with Gasteiger partial charge in [-0.25, -0.2) is 0 Å². The Morgan fingerprint density at radius 1 is 1.00 bits per heavy atom. The number of nitrogens with one attached hydrogen (secondary N) is 1. The minimum Gasteiger partial charge on any atom is -0.493 e. The standard InChI is InChI=1S/C25H26N4O3/c1-17(2)23(24-28-27-22-11-7-8-14-29(22)24)26-25(30)19-12-13-20(21(15-19)31-3)32-16-18-9-5-4-6-10-18/h4-15,17,23H,16H2,1-3H3,(H,26,30)/t23-/m0/s1. The predicted molar refractivity (Wildman–Crippen MR) is 122 cm³/mol. The number of amides is 1. The molecule has 7 nitrogen and oxygen atoms in total. The van der Waals surface area contributed by atoms with Gasteiger partial charge in [-0.15, -0.1) is 10.2 Å². The van der Waals surface area contributed by atoms with E-state index in [1.807, 2.05) is 73.0 Å². The fraction of sp³-hybridized carbons (Fsp3) is 0.240. The molecule has 0 aliphatic carbocycles. The number of ether oxygens (including phenoxy) is 2. The molecule has 1 amide bonds. The lowest BCUT2D eigenvalue weighted by molar-refractivity contribution is 0.0922. The van der Waals surface area contributed by atoms with Gasteiger partial charge in [0.05, 0.1) is 13.2 Å². The summed E-state index contributed by atoms with van der Waals surface area (Å²) in [4.78, 5) is 13.1. The number of pyridine rings is 1. The first-order valence-corrected chi connectivity index (χ1v) is 10.5. The lowest BCUT2D eigenvalue weighted by atomic mass is 10.0. The molecule has 2 aromatic carbocycles. The van der Waals surface area contributed by atoms with E-state index in [1.165, 1.54) is 0 Å². The average Bonchev–Trinajstić information content (AvgIpc) is 3.25. The van der Waals surface area contributed by atoms with E-state index in [-0.39, 0.29) is 17.9 Å². The van der Waals surface area contributed by atoms with Crippen molar-refractivity contribution in [1.29, 1.82) is 0 Å². The number of benzene rings is 2. The molecule has 164 valence electrons. The van der Waals surface area contributed by atoms with Crippen LogP contribution in [0, 0.1) is 5.92 Å². The molecule has 0 spiro atoms. The molecular weight excluding hydrogens is 404 g/mol. The molecular formula is C25H26N4O3. The highest BCUT2D eigenvalue weighted by atomic mass is 16.5. The number of fused-ring (bicyclic) bond motifs is 1. The molecule has 0 radical (unpaired) electrons. The summed E-state index contributed by atoms with van der Waals surface area (Å²) < 4.78 is 13.3. The SMILES string of the molecule is COc1cc(C(=O)N[C@H](c2nnc3ccccn23)C(C)C)ccc1OCc1ccccc1. The topological polar surface area (TPSA) is 77.8 Å². The van der Waals surface area contributed by atoms with Crippen molar-refractivity contribution in [2.75, 3.05) is 7.11 Å². The third kappa shape index (κ3) is 4.56. The molecule has 2 heterocycles. The number of hydrogen-bond donors (Lipinski definition) is 1. The summed E-state index contributed by atoms with van der Waals surface area (Å²) in [5.41, 5.74) is 2.27. The van der Waals surface area contributed by atoms with E-state index < -0.39 is 0 Å². The third-order valence-electron chi connectivity index (χ3n) is 5.23. The molecule has 1 atom stereocenters. The number of methoxy groups -OCH3 is 1. The van der Waals surface area contributed by atoms with Crippen LogP contribution in [0.15, 0.2) is 72.9 Å². The van der Waals surface area contributed by atoms with Crippen LogP contribution in [0.4, 0.5) is 0 Å². The Balaban J connectivity index is 1.52. The van der Waals surface area contributed by atoms with Crippen molar-refractivity contribution in [1.82, 2.24) is 19.9 Å². The van der Waals surface area contributed by atoms with E-state index in [4.69, 9.17) is 9.47 Å². The van der Waals surface area contributed by atoms with E-state index in [9.17, 15) is 4.79 Å². The summed E-state index contributed by atoms with van der Waals surface area (Å²) >= 11 is 0. The van der Waals surface area contributed by atoms with Gasteiger partial charge in [0.1, 0.15) is 6.61 Å². The first-order chi connectivity index (χ1) is 15.6. The Bertz CT molecular complexity index is 1200.